The Hall–Kier alpha value is -2.56. The summed E-state index contributed by atoms with van der Waals surface area (Å²) in [5.74, 6) is 0.0808. The van der Waals surface area contributed by atoms with Gasteiger partial charge in [-0.05, 0) is 17.7 Å². The van der Waals surface area contributed by atoms with Crippen LogP contribution in [0.5, 0.6) is 0 Å². The molecular formula is C21H16ClN2OS-. The first-order valence-corrected chi connectivity index (χ1v) is 8.95. The Morgan fingerprint density at radius 2 is 1.46 bits per heavy atom. The molecule has 3 aromatic carbocycles. The minimum Gasteiger partial charge on any atom is -1.00 e. The minimum atomic E-state index is -0.343. The van der Waals surface area contributed by atoms with Gasteiger partial charge in [-0.2, -0.15) is 0 Å². The van der Waals surface area contributed by atoms with Crippen molar-refractivity contribution in [2.45, 2.75) is 10.4 Å². The van der Waals surface area contributed by atoms with Crippen molar-refractivity contribution in [1.29, 1.82) is 0 Å². The molecule has 0 saturated heterocycles. The average Bonchev–Trinajstić information content (AvgIpc) is 3.09. The summed E-state index contributed by atoms with van der Waals surface area (Å²) < 4.78 is 0. The van der Waals surface area contributed by atoms with Crippen molar-refractivity contribution in [3.8, 4) is 0 Å². The first-order chi connectivity index (χ1) is 12.3. The topological polar surface area (TPSA) is 45.8 Å². The fraction of sp³-hybridized carbons (Fsp3) is 0.0476. The monoisotopic (exact) mass is 379 g/mol. The van der Waals surface area contributed by atoms with Crippen molar-refractivity contribution in [3.63, 3.8) is 0 Å². The number of H-pyrrole nitrogens is 1. The highest BCUT2D eigenvalue weighted by Crippen LogP contribution is 2.37. The lowest BCUT2D eigenvalue weighted by Crippen LogP contribution is -3.00. The van der Waals surface area contributed by atoms with E-state index in [1.165, 1.54) is 11.8 Å². The Morgan fingerprint density at radius 1 is 0.846 bits per heavy atom. The van der Waals surface area contributed by atoms with Crippen LogP contribution in [0.25, 0.3) is 11.0 Å². The number of hydrogen-bond donors (Lipinski definition) is 1. The number of para-hydroxylation sites is 2. The second kappa shape index (κ2) is 8.21. The van der Waals surface area contributed by atoms with Crippen LogP contribution in [0.15, 0.2) is 90.1 Å². The summed E-state index contributed by atoms with van der Waals surface area (Å²) in [6.07, 6.45) is 0. The van der Waals surface area contributed by atoms with Crippen LogP contribution >= 0.6 is 11.8 Å². The van der Waals surface area contributed by atoms with Crippen molar-refractivity contribution in [2.24, 2.45) is 0 Å². The molecule has 0 saturated carbocycles. The largest absolute Gasteiger partial charge is 1.00 e. The van der Waals surface area contributed by atoms with E-state index in [1.54, 1.807) is 0 Å². The Bertz CT molecular complexity index is 969. The number of imidazole rings is 1. The maximum atomic E-state index is 13.1. The van der Waals surface area contributed by atoms with Crippen molar-refractivity contribution >= 4 is 28.6 Å². The zero-order chi connectivity index (χ0) is 17.1. The van der Waals surface area contributed by atoms with Gasteiger partial charge in [0.25, 0.3) is 0 Å². The number of hydrogen-bond acceptors (Lipinski definition) is 3. The van der Waals surface area contributed by atoms with Crippen LogP contribution in [0.1, 0.15) is 21.2 Å². The molecule has 1 atom stereocenters. The van der Waals surface area contributed by atoms with Gasteiger partial charge in [-0.3, -0.25) is 4.79 Å². The molecule has 1 unspecified atom stereocenters. The van der Waals surface area contributed by atoms with Gasteiger partial charge in [-0.15, -0.1) is 0 Å². The maximum absolute atomic E-state index is 13.1. The van der Waals surface area contributed by atoms with E-state index in [9.17, 15) is 4.79 Å². The van der Waals surface area contributed by atoms with Crippen LogP contribution in [0, 0.1) is 0 Å². The second-order valence-corrected chi connectivity index (χ2v) is 6.79. The maximum Gasteiger partial charge on any atom is 0.180 e. The van der Waals surface area contributed by atoms with Gasteiger partial charge in [-0.1, -0.05) is 84.6 Å². The third kappa shape index (κ3) is 3.82. The summed E-state index contributed by atoms with van der Waals surface area (Å²) in [5.41, 5.74) is 3.56. The number of nitrogens with zero attached hydrogens (tertiary/aromatic N) is 1. The third-order valence-electron chi connectivity index (χ3n) is 4.00. The molecule has 4 rings (SSSR count). The lowest BCUT2D eigenvalue weighted by molar-refractivity contribution is -0.0000128. The molecule has 0 radical (unpaired) electrons. The smallest absolute Gasteiger partial charge is 0.180 e. The number of Topliss-reactive ketones (excluding diaryl/α,β-unsaturated/α-hetero) is 1. The predicted molar refractivity (Wildman–Crippen MR) is 102 cm³/mol. The van der Waals surface area contributed by atoms with Crippen LogP contribution < -0.4 is 12.4 Å². The van der Waals surface area contributed by atoms with Gasteiger partial charge in [0.2, 0.25) is 0 Å². The normalized spacial score (nSPS) is 11.7. The number of thioether (sulfide) groups is 1. The molecule has 0 amide bonds. The molecule has 0 spiro atoms. The molecule has 1 aromatic heterocycles. The Balaban J connectivity index is 0.00000196. The van der Waals surface area contributed by atoms with E-state index in [0.717, 1.165) is 21.8 Å². The van der Waals surface area contributed by atoms with Crippen LogP contribution in [0.3, 0.4) is 0 Å². The Morgan fingerprint density at radius 3 is 2.15 bits per heavy atom. The van der Waals surface area contributed by atoms with E-state index >= 15 is 0 Å². The van der Waals surface area contributed by atoms with Gasteiger partial charge in [0.05, 0.1) is 11.0 Å². The van der Waals surface area contributed by atoms with Crippen molar-refractivity contribution in [3.05, 3.63) is 96.1 Å². The summed E-state index contributed by atoms with van der Waals surface area (Å²) in [4.78, 5) is 21.0. The van der Waals surface area contributed by atoms with E-state index < -0.39 is 0 Å². The van der Waals surface area contributed by atoms with Gasteiger partial charge in [0.1, 0.15) is 5.25 Å². The van der Waals surface area contributed by atoms with Crippen LogP contribution in [-0.2, 0) is 0 Å². The number of aromatic nitrogens is 2. The number of carbonyl (C=O) groups is 1. The van der Waals surface area contributed by atoms with Crippen LogP contribution in [0.4, 0.5) is 0 Å². The van der Waals surface area contributed by atoms with Crippen molar-refractivity contribution in [1.82, 2.24) is 9.97 Å². The van der Waals surface area contributed by atoms with E-state index in [0.29, 0.717) is 5.56 Å². The molecule has 0 aliphatic heterocycles. The number of benzene rings is 3. The molecule has 0 aliphatic carbocycles. The fourth-order valence-electron chi connectivity index (χ4n) is 2.75. The van der Waals surface area contributed by atoms with E-state index in [4.69, 9.17) is 0 Å². The average molecular weight is 380 g/mol. The third-order valence-corrected chi connectivity index (χ3v) is 5.13. The number of ketones is 1. The molecule has 130 valence electrons. The number of nitrogens with one attached hydrogen (secondary N) is 1. The van der Waals surface area contributed by atoms with Crippen molar-refractivity contribution in [2.75, 3.05) is 0 Å². The van der Waals surface area contributed by atoms with Crippen LogP contribution in [0.2, 0.25) is 0 Å². The zero-order valence-corrected chi connectivity index (χ0v) is 15.4. The highest BCUT2D eigenvalue weighted by atomic mass is 35.5. The number of aromatic amines is 1. The molecular weight excluding hydrogens is 364 g/mol. The Labute approximate surface area is 162 Å². The van der Waals surface area contributed by atoms with E-state index in [1.807, 2.05) is 84.9 Å². The molecule has 0 fully saturated rings. The SMILES string of the molecule is O=C(c1ccccc1)C(Sc1nc2ccccc2[nH]1)c1ccccc1.[Cl-]. The van der Waals surface area contributed by atoms with Crippen molar-refractivity contribution < 1.29 is 17.2 Å². The first kappa shape index (κ1) is 18.2. The van der Waals surface area contributed by atoms with Gasteiger partial charge >= 0.3 is 0 Å². The minimum absolute atomic E-state index is 0. The Kier molecular flexibility index (Phi) is 5.76. The number of fused-ring (bicyclic) bond motifs is 1. The summed E-state index contributed by atoms with van der Waals surface area (Å²) in [6, 6.07) is 27.1. The van der Waals surface area contributed by atoms with Gasteiger partial charge < -0.3 is 17.4 Å². The van der Waals surface area contributed by atoms with E-state index in [-0.39, 0.29) is 23.4 Å². The highest BCUT2D eigenvalue weighted by molar-refractivity contribution is 8.00. The molecule has 0 bridgehead atoms. The lowest BCUT2D eigenvalue weighted by Gasteiger charge is -2.14. The van der Waals surface area contributed by atoms with E-state index in [2.05, 4.69) is 9.97 Å². The first-order valence-electron chi connectivity index (χ1n) is 8.07. The number of carbonyl (C=O) groups excluding carboxylic acids is 1. The molecule has 1 heterocycles. The molecule has 5 heteroatoms. The second-order valence-electron chi connectivity index (χ2n) is 5.70. The lowest BCUT2D eigenvalue weighted by atomic mass is 10.0. The number of rotatable bonds is 5. The summed E-state index contributed by atoms with van der Waals surface area (Å²) in [6.45, 7) is 0. The standard InChI is InChI=1S/C21H16N2OS.ClH/c24-19(15-9-3-1-4-10-15)20(16-11-5-2-6-12-16)25-21-22-17-13-7-8-14-18(17)23-21;/h1-14,20H,(H,22,23);1H/p-1. The fourth-order valence-corrected chi connectivity index (χ4v) is 3.83. The zero-order valence-electron chi connectivity index (χ0n) is 13.8. The summed E-state index contributed by atoms with van der Waals surface area (Å²) >= 11 is 1.45. The van der Waals surface area contributed by atoms with Crippen LogP contribution in [-0.4, -0.2) is 15.8 Å². The predicted octanol–water partition coefficient (Wildman–Crippen LogP) is 2.28. The summed E-state index contributed by atoms with van der Waals surface area (Å²) in [7, 11) is 0. The van der Waals surface area contributed by atoms with Gasteiger partial charge in [-0.25, -0.2) is 4.98 Å². The highest BCUT2D eigenvalue weighted by Gasteiger charge is 2.24. The molecule has 0 aliphatic rings. The molecule has 3 nitrogen and oxygen atoms in total. The molecule has 26 heavy (non-hydrogen) atoms. The molecule has 4 aromatic rings. The molecule has 1 N–H and O–H groups in total. The quantitative estimate of drug-likeness (QED) is 0.427. The summed E-state index contributed by atoms with van der Waals surface area (Å²) in [5, 5.41) is 0.406. The van der Waals surface area contributed by atoms with Gasteiger partial charge in [0.15, 0.2) is 10.9 Å². The van der Waals surface area contributed by atoms with Gasteiger partial charge in [0, 0.05) is 5.56 Å². The number of halogens is 1.